The van der Waals surface area contributed by atoms with Gasteiger partial charge in [-0.3, -0.25) is 9.88 Å². The molecule has 2 N–H and O–H groups in total. The van der Waals surface area contributed by atoms with E-state index in [2.05, 4.69) is 53.2 Å². The van der Waals surface area contributed by atoms with Gasteiger partial charge in [0, 0.05) is 36.6 Å². The Morgan fingerprint density at radius 2 is 1.93 bits per heavy atom. The summed E-state index contributed by atoms with van der Waals surface area (Å²) in [6, 6.07) is 16.8. The zero-order chi connectivity index (χ0) is 21.5. The fourth-order valence-corrected chi connectivity index (χ4v) is 4.43. The highest BCUT2D eigenvalue weighted by molar-refractivity contribution is 5.65. The predicted octanol–water partition coefficient (Wildman–Crippen LogP) is 5.80. The van der Waals surface area contributed by atoms with E-state index in [9.17, 15) is 4.39 Å². The quantitative estimate of drug-likeness (QED) is 0.560. The van der Waals surface area contributed by atoms with Gasteiger partial charge in [0.15, 0.2) is 0 Å². The fraction of sp³-hybridized carbons (Fsp3) is 0.346. The first kappa shape index (κ1) is 20.5. The Balaban J connectivity index is 1.77. The first-order valence-corrected chi connectivity index (χ1v) is 10.5. The van der Waals surface area contributed by atoms with Gasteiger partial charge in [0.05, 0.1) is 5.69 Å². The Bertz CT molecular complexity index is 1050. The summed E-state index contributed by atoms with van der Waals surface area (Å²) in [5, 5.41) is 0. The number of alkyl halides is 1. The molecule has 30 heavy (non-hydrogen) atoms. The van der Waals surface area contributed by atoms with Crippen molar-refractivity contribution in [2.24, 2.45) is 0 Å². The number of nitrogen functional groups attached to an aromatic ring is 1. The molecule has 0 saturated heterocycles. The predicted molar refractivity (Wildman–Crippen MR) is 122 cm³/mol. The highest BCUT2D eigenvalue weighted by Gasteiger charge is 2.32. The topological polar surface area (TPSA) is 42.1 Å². The number of fused-ring (bicyclic) bond motifs is 1. The molecule has 0 amide bonds. The molecule has 4 rings (SSSR count). The van der Waals surface area contributed by atoms with E-state index < -0.39 is 5.67 Å². The van der Waals surface area contributed by atoms with Crippen LogP contribution in [0.2, 0.25) is 0 Å². The molecule has 0 aliphatic carbocycles. The van der Waals surface area contributed by atoms with Crippen LogP contribution in [0.1, 0.15) is 47.7 Å². The van der Waals surface area contributed by atoms with Crippen molar-refractivity contribution >= 4 is 5.69 Å². The third kappa shape index (κ3) is 4.24. The molecule has 1 atom stereocenters. The van der Waals surface area contributed by atoms with Gasteiger partial charge in [-0.15, -0.1) is 0 Å². The average Bonchev–Trinajstić information content (AvgIpc) is 2.68. The summed E-state index contributed by atoms with van der Waals surface area (Å²) < 4.78 is 14.7. The zero-order valence-electron chi connectivity index (χ0n) is 18.2. The van der Waals surface area contributed by atoms with E-state index in [1.165, 1.54) is 22.3 Å². The molecule has 2 heterocycles. The van der Waals surface area contributed by atoms with Crippen LogP contribution in [0, 0.1) is 13.8 Å². The summed E-state index contributed by atoms with van der Waals surface area (Å²) in [5.74, 6) is 0. The van der Waals surface area contributed by atoms with E-state index in [1.54, 1.807) is 13.8 Å². The van der Waals surface area contributed by atoms with E-state index in [1.807, 2.05) is 25.3 Å². The second-order valence-electron chi connectivity index (χ2n) is 9.12. The average molecular weight is 404 g/mol. The van der Waals surface area contributed by atoms with Crippen molar-refractivity contribution < 1.29 is 4.39 Å². The lowest BCUT2D eigenvalue weighted by molar-refractivity contribution is 0.0794. The monoisotopic (exact) mass is 403 g/mol. The number of halogens is 1. The van der Waals surface area contributed by atoms with Crippen molar-refractivity contribution in [1.29, 1.82) is 0 Å². The third-order valence-electron chi connectivity index (χ3n) is 5.93. The number of aryl methyl sites for hydroxylation is 2. The summed E-state index contributed by atoms with van der Waals surface area (Å²) in [6.07, 6.45) is 2.68. The molecule has 156 valence electrons. The van der Waals surface area contributed by atoms with Gasteiger partial charge in [-0.2, -0.15) is 0 Å². The minimum absolute atomic E-state index is 0.0713. The van der Waals surface area contributed by atoms with Gasteiger partial charge in [-0.05, 0) is 80.1 Å². The van der Waals surface area contributed by atoms with Gasteiger partial charge < -0.3 is 5.73 Å². The molecule has 0 fully saturated rings. The Hall–Kier alpha value is -2.72. The highest BCUT2D eigenvalue weighted by Crippen LogP contribution is 2.38. The smallest absolute Gasteiger partial charge is 0.118 e. The molecular formula is C26H30FN3. The van der Waals surface area contributed by atoms with Crippen LogP contribution in [0.4, 0.5) is 10.1 Å². The van der Waals surface area contributed by atoms with E-state index in [0.29, 0.717) is 13.1 Å². The number of pyridine rings is 1. The Morgan fingerprint density at radius 1 is 1.13 bits per heavy atom. The van der Waals surface area contributed by atoms with Crippen molar-refractivity contribution in [1.82, 2.24) is 9.88 Å². The number of nitrogens with zero attached hydrogens (tertiary/aromatic N) is 2. The largest absolute Gasteiger partial charge is 0.398 e. The van der Waals surface area contributed by atoms with Crippen LogP contribution >= 0.6 is 0 Å². The molecule has 1 aliphatic rings. The van der Waals surface area contributed by atoms with Gasteiger partial charge in [0.1, 0.15) is 5.67 Å². The Morgan fingerprint density at radius 3 is 2.63 bits per heavy atom. The lowest BCUT2D eigenvalue weighted by Gasteiger charge is -2.40. The molecule has 1 aliphatic heterocycles. The van der Waals surface area contributed by atoms with Crippen molar-refractivity contribution in [3.63, 3.8) is 0 Å². The van der Waals surface area contributed by atoms with Crippen LogP contribution in [0.3, 0.4) is 0 Å². The first-order chi connectivity index (χ1) is 14.2. The van der Waals surface area contributed by atoms with Crippen LogP contribution in [-0.2, 0) is 13.0 Å². The lowest BCUT2D eigenvalue weighted by Crippen LogP contribution is -2.41. The number of nitrogens with two attached hydrogens (primary N) is 1. The second kappa shape index (κ2) is 7.84. The molecule has 0 saturated carbocycles. The molecule has 3 nitrogen and oxygen atoms in total. The molecule has 4 heteroatoms. The molecular weight excluding hydrogens is 373 g/mol. The molecule has 0 spiro atoms. The van der Waals surface area contributed by atoms with Crippen LogP contribution < -0.4 is 5.73 Å². The third-order valence-corrected chi connectivity index (χ3v) is 5.93. The Labute approximate surface area is 178 Å². The van der Waals surface area contributed by atoms with Crippen molar-refractivity contribution in [3.05, 3.63) is 82.5 Å². The maximum Gasteiger partial charge on any atom is 0.118 e. The van der Waals surface area contributed by atoms with Gasteiger partial charge in [0.2, 0.25) is 0 Å². The minimum atomic E-state index is -1.28. The number of rotatable bonds is 4. The summed E-state index contributed by atoms with van der Waals surface area (Å²) in [7, 11) is 0. The van der Waals surface area contributed by atoms with Crippen LogP contribution in [0.5, 0.6) is 0 Å². The van der Waals surface area contributed by atoms with Crippen molar-refractivity contribution in [2.75, 3.05) is 12.3 Å². The van der Waals surface area contributed by atoms with Gasteiger partial charge in [-0.1, -0.05) is 30.3 Å². The van der Waals surface area contributed by atoms with Crippen molar-refractivity contribution in [2.45, 2.75) is 52.4 Å². The van der Waals surface area contributed by atoms with Crippen LogP contribution in [-0.4, -0.2) is 22.1 Å². The summed E-state index contributed by atoms with van der Waals surface area (Å²) in [4.78, 5) is 6.88. The molecule has 3 aromatic rings. The number of benzene rings is 2. The van der Waals surface area contributed by atoms with Crippen LogP contribution in [0.15, 0.2) is 54.7 Å². The number of hydrogen-bond acceptors (Lipinski definition) is 3. The summed E-state index contributed by atoms with van der Waals surface area (Å²) in [6.45, 7) is 8.52. The van der Waals surface area contributed by atoms with Gasteiger partial charge >= 0.3 is 0 Å². The lowest BCUT2D eigenvalue weighted by atomic mass is 9.86. The molecule has 0 radical (unpaired) electrons. The molecule has 1 aromatic heterocycles. The SMILES string of the molecule is Cc1ccc(-c2cc(C3Cc4c(N)cccc4CN3CC(C)(C)F)ccc2C)nc1. The number of aromatic nitrogens is 1. The van der Waals surface area contributed by atoms with Crippen molar-refractivity contribution in [3.8, 4) is 11.3 Å². The summed E-state index contributed by atoms with van der Waals surface area (Å²) >= 11 is 0. The number of hydrogen-bond donors (Lipinski definition) is 1. The highest BCUT2D eigenvalue weighted by atomic mass is 19.1. The van der Waals surface area contributed by atoms with E-state index in [4.69, 9.17) is 5.73 Å². The first-order valence-electron chi connectivity index (χ1n) is 10.5. The maximum absolute atomic E-state index is 14.7. The van der Waals surface area contributed by atoms with Gasteiger partial charge in [0.25, 0.3) is 0 Å². The maximum atomic E-state index is 14.7. The zero-order valence-corrected chi connectivity index (χ0v) is 18.2. The second-order valence-corrected chi connectivity index (χ2v) is 9.12. The van der Waals surface area contributed by atoms with Gasteiger partial charge in [-0.25, -0.2) is 4.39 Å². The molecule has 0 bridgehead atoms. The van der Waals surface area contributed by atoms with E-state index >= 15 is 0 Å². The number of anilines is 1. The van der Waals surface area contributed by atoms with E-state index in [0.717, 1.165) is 28.9 Å². The molecule has 2 aromatic carbocycles. The fourth-order valence-electron chi connectivity index (χ4n) is 4.43. The van der Waals surface area contributed by atoms with Crippen LogP contribution in [0.25, 0.3) is 11.3 Å². The Kier molecular flexibility index (Phi) is 5.37. The standard InChI is InChI=1S/C26H30FN3/c1-17-8-11-24(29-14-17)21-12-19(10-9-18(21)2)25-13-22-20(6-5-7-23(22)28)15-30(25)16-26(3,4)27/h5-12,14,25H,13,15-16,28H2,1-4H3. The normalized spacial score (nSPS) is 17.0. The van der Waals surface area contributed by atoms with E-state index in [-0.39, 0.29) is 6.04 Å². The minimum Gasteiger partial charge on any atom is -0.398 e. The summed E-state index contributed by atoms with van der Waals surface area (Å²) in [5.41, 5.74) is 13.8. The molecule has 1 unspecified atom stereocenters.